The number of amides is 1. The van der Waals surface area contributed by atoms with Crippen LogP contribution >= 0.6 is 0 Å². The Morgan fingerprint density at radius 2 is 1.49 bits per heavy atom. The van der Waals surface area contributed by atoms with E-state index in [1.807, 2.05) is 51.2 Å². The number of Topliss-reactive ketones (excluding diaryl/α,β-unsaturated/α-hetero) is 4. The maximum atomic E-state index is 14.2. The van der Waals surface area contributed by atoms with Gasteiger partial charge < -0.3 is 39.2 Å². The Kier molecular flexibility index (Phi) is 23.3. The first kappa shape index (κ1) is 55.7. The molecule has 1 aliphatic carbocycles. The minimum atomic E-state index is -1.33. The lowest BCUT2D eigenvalue weighted by molar-refractivity contribution is -0.166. The predicted molar refractivity (Wildman–Crippen MR) is 246 cm³/mol. The first-order chi connectivity index (χ1) is 30.7. The van der Waals surface area contributed by atoms with Gasteiger partial charge in [-0.3, -0.25) is 24.0 Å². The van der Waals surface area contributed by atoms with Crippen LogP contribution in [-0.4, -0.2) is 132 Å². The molecule has 366 valence electrons. The summed E-state index contributed by atoms with van der Waals surface area (Å²) in [7, 11) is 4.47. The van der Waals surface area contributed by atoms with Crippen molar-refractivity contribution >= 4 is 35.0 Å². The smallest absolute Gasteiger partial charge is 0.329 e. The lowest BCUT2D eigenvalue weighted by Crippen LogP contribution is -2.53. The third-order valence-electron chi connectivity index (χ3n) is 13.8. The molecule has 3 rings (SSSR count). The highest BCUT2D eigenvalue weighted by Gasteiger charge is 2.41. The van der Waals surface area contributed by atoms with Crippen molar-refractivity contribution in [3.63, 3.8) is 0 Å². The fourth-order valence-electron chi connectivity index (χ4n) is 9.49. The summed E-state index contributed by atoms with van der Waals surface area (Å²) in [6.45, 7) is 12.5. The van der Waals surface area contributed by atoms with Gasteiger partial charge in [0.1, 0.15) is 30.1 Å². The molecule has 1 saturated heterocycles. The van der Waals surface area contributed by atoms with Crippen LogP contribution in [0.4, 0.5) is 0 Å². The summed E-state index contributed by atoms with van der Waals surface area (Å²) >= 11 is 0. The molecule has 14 heteroatoms. The van der Waals surface area contributed by atoms with Crippen molar-refractivity contribution in [1.29, 1.82) is 0 Å². The van der Waals surface area contributed by atoms with Crippen LogP contribution in [0, 0.1) is 35.5 Å². The topological polar surface area (TPSA) is 203 Å². The van der Waals surface area contributed by atoms with E-state index in [-0.39, 0.29) is 74.1 Å². The molecule has 2 aliphatic heterocycles. The number of fused-ring (bicyclic) bond motifs is 1. The molecule has 65 heavy (non-hydrogen) atoms. The molecule has 3 aliphatic rings. The summed E-state index contributed by atoms with van der Waals surface area (Å²) in [6, 6.07) is -1.15. The summed E-state index contributed by atoms with van der Waals surface area (Å²) in [5, 5.41) is 32.8. The van der Waals surface area contributed by atoms with E-state index in [1.165, 1.54) is 7.11 Å². The van der Waals surface area contributed by atoms with Gasteiger partial charge in [-0.05, 0) is 107 Å². The molecule has 14 nitrogen and oxygen atoms in total. The van der Waals surface area contributed by atoms with E-state index in [0.717, 1.165) is 10.5 Å². The van der Waals surface area contributed by atoms with Crippen LogP contribution in [0.15, 0.2) is 47.6 Å². The Bertz CT molecular complexity index is 1730. The van der Waals surface area contributed by atoms with Crippen LogP contribution in [0.1, 0.15) is 126 Å². The van der Waals surface area contributed by atoms with Crippen LogP contribution in [-0.2, 0) is 47.7 Å². The second-order valence-corrected chi connectivity index (χ2v) is 19.2. The van der Waals surface area contributed by atoms with Gasteiger partial charge in [-0.2, -0.15) is 0 Å². The van der Waals surface area contributed by atoms with E-state index in [4.69, 9.17) is 18.9 Å². The quantitative estimate of drug-likeness (QED) is 0.159. The van der Waals surface area contributed by atoms with Crippen molar-refractivity contribution in [1.82, 2.24) is 4.90 Å². The van der Waals surface area contributed by atoms with Crippen molar-refractivity contribution in [3.05, 3.63) is 47.6 Å². The summed E-state index contributed by atoms with van der Waals surface area (Å²) in [5.74, 6) is -6.85. The number of rotatable bonds is 6. The zero-order valence-corrected chi connectivity index (χ0v) is 40.6. The van der Waals surface area contributed by atoms with E-state index in [1.54, 1.807) is 48.0 Å². The number of piperidine rings is 1. The molecule has 0 radical (unpaired) electrons. The number of hydrogen-bond acceptors (Lipinski definition) is 13. The van der Waals surface area contributed by atoms with Gasteiger partial charge in [0, 0.05) is 58.5 Å². The second-order valence-electron chi connectivity index (χ2n) is 19.2. The standard InChI is InChI=1S/C51H79NO13/c1-30-16-12-11-13-17-31(2)42(62-8)28-38(53)21-19-32(3)45(56)48(59)50(60)52-23-15-14-18-39(52)51(61)65-43(34(5)26-37-20-22-40(54)44(27-37)63-9)29-41(55)33(4)25-36(7)47(58)49(64-10)46(57)35(6)24-30/h11-13,16-17,25,30,32-35,37-40,42-44,47,49,53-54,58H,14-15,18-24,26-29H2,1-10H3/b13-11+,16-12+,31-17+,36-25+/t30-,32-,33-,34+,35-,37+,38+,39+,40-,42+,43+,44-,47-,49+/m1/s1. The number of aliphatic hydroxyl groups is 3. The minimum absolute atomic E-state index is 0.0125. The van der Waals surface area contributed by atoms with Gasteiger partial charge in [-0.25, -0.2) is 4.79 Å². The minimum Gasteiger partial charge on any atom is -0.460 e. The number of carbonyl (C=O) groups is 6. The molecule has 3 N–H and O–H groups in total. The molecule has 0 aromatic rings. The molecule has 14 atom stereocenters. The van der Waals surface area contributed by atoms with E-state index >= 15 is 0 Å². The predicted octanol–water partition coefficient (Wildman–Crippen LogP) is 6.02. The number of allylic oxidation sites excluding steroid dienone is 6. The summed E-state index contributed by atoms with van der Waals surface area (Å²) in [6.07, 6.45) is 9.93. The number of cyclic esters (lactones) is 1. The van der Waals surface area contributed by atoms with Gasteiger partial charge in [0.25, 0.3) is 11.7 Å². The average Bonchev–Trinajstić information content (AvgIpc) is 3.28. The van der Waals surface area contributed by atoms with Crippen LogP contribution in [0.2, 0.25) is 0 Å². The van der Waals surface area contributed by atoms with Crippen LogP contribution in [0.25, 0.3) is 0 Å². The summed E-state index contributed by atoms with van der Waals surface area (Å²) < 4.78 is 22.9. The third-order valence-corrected chi connectivity index (χ3v) is 13.8. The number of carbonyl (C=O) groups excluding carboxylic acids is 6. The number of hydrogen-bond donors (Lipinski definition) is 3. The molecular weight excluding hydrogens is 835 g/mol. The molecule has 0 bridgehead atoms. The maximum absolute atomic E-state index is 14.2. The number of esters is 1. The molecule has 0 aromatic carbocycles. The van der Waals surface area contributed by atoms with Gasteiger partial charge in [0.2, 0.25) is 5.78 Å². The lowest BCUT2D eigenvalue weighted by atomic mass is 9.78. The molecule has 1 saturated carbocycles. The largest absolute Gasteiger partial charge is 0.460 e. The molecule has 0 spiro atoms. The van der Waals surface area contributed by atoms with Crippen molar-refractivity contribution < 1.29 is 63.0 Å². The molecule has 0 aromatic heterocycles. The van der Waals surface area contributed by atoms with Crippen molar-refractivity contribution in [2.45, 2.75) is 174 Å². The molecule has 0 unspecified atom stereocenters. The SMILES string of the molecule is CO[C@H]1C[C@@H](O)CC[C@@H](C)C(=O)C(=O)C(=O)N2CCCC[C@H]2C(=O)O[C@H]([C@@H](C)C[C@@H]2CC[C@@H](O)[C@H](OC)C2)CC(=O)[C@H](C)/C=C(\C)[C@@H](O)[C@@H](OC)C(=O)[C@H](C)C[C@H](C)/C=C/C=C/C=C/1C. The average molecular weight is 914 g/mol. The Balaban J connectivity index is 1.98. The molecule has 2 heterocycles. The van der Waals surface area contributed by atoms with E-state index in [9.17, 15) is 44.1 Å². The highest BCUT2D eigenvalue weighted by atomic mass is 16.5. The van der Waals surface area contributed by atoms with E-state index < -0.39 is 83.9 Å². The Labute approximate surface area is 387 Å². The number of methoxy groups -OCH3 is 3. The van der Waals surface area contributed by atoms with Crippen molar-refractivity contribution in [3.8, 4) is 0 Å². The van der Waals surface area contributed by atoms with Gasteiger partial charge in [0.05, 0.1) is 24.4 Å². The molecule has 2 fully saturated rings. The van der Waals surface area contributed by atoms with Gasteiger partial charge in [0.15, 0.2) is 5.78 Å². The van der Waals surface area contributed by atoms with E-state index in [2.05, 4.69) is 0 Å². The van der Waals surface area contributed by atoms with Crippen LogP contribution in [0.5, 0.6) is 0 Å². The van der Waals surface area contributed by atoms with Crippen LogP contribution < -0.4 is 0 Å². The van der Waals surface area contributed by atoms with Crippen molar-refractivity contribution in [2.24, 2.45) is 35.5 Å². The van der Waals surface area contributed by atoms with Crippen molar-refractivity contribution in [2.75, 3.05) is 27.9 Å². The Morgan fingerprint density at radius 1 is 0.785 bits per heavy atom. The number of nitrogens with zero attached hydrogens (tertiary/aromatic N) is 1. The zero-order chi connectivity index (χ0) is 48.5. The second kappa shape index (κ2) is 27.2. The van der Waals surface area contributed by atoms with Gasteiger partial charge in [-0.15, -0.1) is 0 Å². The maximum Gasteiger partial charge on any atom is 0.329 e. The highest BCUT2D eigenvalue weighted by molar-refractivity contribution is 6.63. The Hall–Kier alpha value is -3.66. The normalized spacial score (nSPS) is 37.7. The van der Waals surface area contributed by atoms with Crippen LogP contribution in [0.3, 0.4) is 0 Å². The van der Waals surface area contributed by atoms with E-state index in [0.29, 0.717) is 50.5 Å². The fraction of sp³-hybridized carbons (Fsp3) is 0.725. The Morgan fingerprint density at radius 3 is 2.15 bits per heavy atom. The first-order valence-electron chi connectivity index (χ1n) is 23.7. The first-order valence-corrected chi connectivity index (χ1v) is 23.7. The number of ketones is 4. The molecule has 1 amide bonds. The van der Waals surface area contributed by atoms with Gasteiger partial charge >= 0.3 is 5.97 Å². The molecular formula is C51H79NO13. The number of aliphatic hydroxyl groups excluding tert-OH is 3. The van der Waals surface area contributed by atoms with Gasteiger partial charge in [-0.1, -0.05) is 71.1 Å². The summed E-state index contributed by atoms with van der Waals surface area (Å²) in [4.78, 5) is 83.7. The highest BCUT2D eigenvalue weighted by Crippen LogP contribution is 2.34. The third kappa shape index (κ3) is 16.6. The number of ether oxygens (including phenoxy) is 4. The fourth-order valence-corrected chi connectivity index (χ4v) is 9.49. The summed E-state index contributed by atoms with van der Waals surface area (Å²) in [5.41, 5.74) is 1.23. The zero-order valence-electron chi connectivity index (χ0n) is 40.6. The monoisotopic (exact) mass is 914 g/mol. The lowest BCUT2D eigenvalue weighted by Gasteiger charge is -2.37.